The van der Waals surface area contributed by atoms with Gasteiger partial charge in [0.15, 0.2) is 0 Å². The minimum Gasteiger partial charge on any atom is -0.466 e. The first-order valence-electron chi connectivity index (χ1n) is 13.0. The second-order valence-corrected chi connectivity index (χ2v) is 11.5. The van der Waals surface area contributed by atoms with Crippen LogP contribution in [0, 0.1) is 19.8 Å². The van der Waals surface area contributed by atoms with Crippen molar-refractivity contribution in [1.29, 1.82) is 0 Å². The van der Waals surface area contributed by atoms with E-state index >= 15 is 0 Å². The molecule has 8 heteroatoms. The lowest BCUT2D eigenvalue weighted by molar-refractivity contribution is -0.148. The summed E-state index contributed by atoms with van der Waals surface area (Å²) < 4.78 is 5.81. The van der Waals surface area contributed by atoms with Crippen molar-refractivity contribution in [2.24, 2.45) is 5.92 Å². The van der Waals surface area contributed by atoms with Crippen LogP contribution in [0.1, 0.15) is 42.0 Å². The largest absolute Gasteiger partial charge is 0.466 e. The van der Waals surface area contributed by atoms with Crippen LogP contribution in [0.5, 0.6) is 0 Å². The molecule has 3 aromatic rings. The van der Waals surface area contributed by atoms with E-state index in [1.54, 1.807) is 4.90 Å². The smallest absolute Gasteiger partial charge is 0.309 e. The van der Waals surface area contributed by atoms with Gasteiger partial charge in [0.25, 0.3) is 5.91 Å². The minimum atomic E-state index is -0.119. The van der Waals surface area contributed by atoms with Gasteiger partial charge in [0.2, 0.25) is 0 Å². The number of rotatable bonds is 6. The van der Waals surface area contributed by atoms with E-state index in [1.165, 1.54) is 17.3 Å². The molecule has 2 fully saturated rings. The van der Waals surface area contributed by atoms with E-state index in [2.05, 4.69) is 24.0 Å². The zero-order valence-corrected chi connectivity index (χ0v) is 23.5. The molecule has 1 aromatic heterocycles. The minimum absolute atomic E-state index is 0.0862. The first-order valence-corrected chi connectivity index (χ1v) is 14.2. The van der Waals surface area contributed by atoms with Crippen LogP contribution in [0.15, 0.2) is 53.4 Å². The van der Waals surface area contributed by atoms with Crippen molar-refractivity contribution in [3.8, 4) is 0 Å². The molecule has 1 amide bonds. The molecule has 2 saturated heterocycles. The van der Waals surface area contributed by atoms with Gasteiger partial charge in [0.05, 0.1) is 29.5 Å². The van der Waals surface area contributed by atoms with Gasteiger partial charge in [-0.15, -0.1) is 0 Å². The van der Waals surface area contributed by atoms with Crippen molar-refractivity contribution < 1.29 is 14.3 Å². The number of aromatic nitrogens is 1. The third kappa shape index (κ3) is 5.47. The SMILES string of the molecule is CCOC(=O)C1CCN(c2nc3c(C)cccc3cc2/C=C2\SC(=S)N(Cc3ccc(C)cc3)C2=O)CC1. The number of para-hydroxylation sites is 1. The van der Waals surface area contributed by atoms with Gasteiger partial charge in [0, 0.05) is 24.0 Å². The summed E-state index contributed by atoms with van der Waals surface area (Å²) in [6, 6.07) is 16.4. The first-order chi connectivity index (χ1) is 18.3. The number of hydrogen-bond donors (Lipinski definition) is 0. The summed E-state index contributed by atoms with van der Waals surface area (Å²) in [5.41, 5.74) is 5.15. The Morgan fingerprint density at radius 2 is 1.89 bits per heavy atom. The summed E-state index contributed by atoms with van der Waals surface area (Å²) >= 11 is 6.94. The lowest BCUT2D eigenvalue weighted by Gasteiger charge is -2.33. The summed E-state index contributed by atoms with van der Waals surface area (Å²) in [5, 5.41) is 1.02. The van der Waals surface area contributed by atoms with Crippen LogP contribution in [0.25, 0.3) is 17.0 Å². The van der Waals surface area contributed by atoms with Crippen molar-refractivity contribution in [2.45, 2.75) is 40.2 Å². The summed E-state index contributed by atoms with van der Waals surface area (Å²) in [5.74, 6) is 0.539. The van der Waals surface area contributed by atoms with E-state index in [9.17, 15) is 9.59 Å². The van der Waals surface area contributed by atoms with E-state index in [-0.39, 0.29) is 17.8 Å². The number of carbonyl (C=O) groups excluding carboxylic acids is 2. The Hall–Kier alpha value is -3.23. The molecule has 0 unspecified atom stereocenters. The first kappa shape index (κ1) is 26.4. The van der Waals surface area contributed by atoms with Crippen molar-refractivity contribution >= 4 is 63.0 Å². The quantitative estimate of drug-likeness (QED) is 0.213. The van der Waals surface area contributed by atoms with Crippen molar-refractivity contribution in [3.63, 3.8) is 0 Å². The van der Waals surface area contributed by atoms with Crippen LogP contribution >= 0.6 is 24.0 Å². The molecule has 2 aliphatic rings. The van der Waals surface area contributed by atoms with E-state index in [0.717, 1.165) is 33.4 Å². The molecule has 0 radical (unpaired) electrons. The zero-order chi connectivity index (χ0) is 26.8. The van der Waals surface area contributed by atoms with Gasteiger partial charge in [-0.25, -0.2) is 4.98 Å². The number of esters is 1. The molecule has 2 aromatic carbocycles. The van der Waals surface area contributed by atoms with Crippen LogP contribution in [-0.4, -0.2) is 45.8 Å². The highest BCUT2D eigenvalue weighted by atomic mass is 32.2. The summed E-state index contributed by atoms with van der Waals surface area (Å²) in [6.07, 6.45) is 3.35. The van der Waals surface area contributed by atoms with Crippen molar-refractivity contribution in [3.05, 3.63) is 75.7 Å². The lowest BCUT2D eigenvalue weighted by Crippen LogP contribution is -2.37. The van der Waals surface area contributed by atoms with Gasteiger partial charge in [0.1, 0.15) is 10.1 Å². The molecule has 38 heavy (non-hydrogen) atoms. The highest BCUT2D eigenvalue weighted by molar-refractivity contribution is 8.26. The molecule has 0 spiro atoms. The van der Waals surface area contributed by atoms with E-state index in [4.69, 9.17) is 21.9 Å². The molecule has 6 nitrogen and oxygen atoms in total. The highest BCUT2D eigenvalue weighted by Crippen LogP contribution is 2.37. The average molecular weight is 546 g/mol. The number of ether oxygens (including phenoxy) is 1. The number of benzene rings is 2. The normalized spacial score (nSPS) is 17.6. The number of piperidine rings is 1. The number of nitrogens with zero attached hydrogens (tertiary/aromatic N) is 3. The number of hydrogen-bond acceptors (Lipinski definition) is 7. The molecule has 196 valence electrons. The molecule has 0 N–H and O–H groups in total. The third-order valence-corrected chi connectivity index (χ3v) is 8.47. The average Bonchev–Trinajstić information content (AvgIpc) is 3.17. The van der Waals surface area contributed by atoms with Gasteiger partial charge in [-0.2, -0.15) is 0 Å². The van der Waals surface area contributed by atoms with Crippen LogP contribution in [0.4, 0.5) is 5.82 Å². The van der Waals surface area contributed by atoms with Gasteiger partial charge >= 0.3 is 5.97 Å². The molecular formula is C30H31N3O3S2. The molecule has 0 bridgehead atoms. The Morgan fingerprint density at radius 1 is 1.16 bits per heavy atom. The fourth-order valence-electron chi connectivity index (χ4n) is 4.95. The number of amides is 1. The number of thioether (sulfide) groups is 1. The molecule has 3 heterocycles. The van der Waals surface area contributed by atoms with Crippen LogP contribution < -0.4 is 4.90 Å². The number of aryl methyl sites for hydroxylation is 2. The maximum atomic E-state index is 13.4. The molecule has 5 rings (SSSR count). The fraction of sp³-hybridized carbons (Fsp3) is 0.333. The number of carbonyl (C=O) groups is 2. The fourth-order valence-corrected chi connectivity index (χ4v) is 6.20. The van der Waals surface area contributed by atoms with Crippen molar-refractivity contribution in [1.82, 2.24) is 9.88 Å². The van der Waals surface area contributed by atoms with E-state index in [1.807, 2.05) is 56.3 Å². The van der Waals surface area contributed by atoms with Crippen LogP contribution in [-0.2, 0) is 20.9 Å². The number of anilines is 1. The maximum Gasteiger partial charge on any atom is 0.309 e. The summed E-state index contributed by atoms with van der Waals surface area (Å²) in [6.45, 7) is 8.18. The third-order valence-electron chi connectivity index (χ3n) is 7.09. The molecule has 2 aliphatic heterocycles. The lowest BCUT2D eigenvalue weighted by atomic mass is 9.96. The second-order valence-electron chi connectivity index (χ2n) is 9.81. The zero-order valence-electron chi connectivity index (χ0n) is 21.9. The Labute approximate surface area is 233 Å². The summed E-state index contributed by atoms with van der Waals surface area (Å²) in [7, 11) is 0. The standard InChI is InChI=1S/C30H31N3O3S2/c1-4-36-29(35)22-12-14-32(15-13-22)27-24(16-23-7-5-6-20(3)26(23)31-27)17-25-28(34)33(30(37)38-25)18-21-10-8-19(2)9-11-21/h5-11,16-17,22H,4,12-15,18H2,1-3H3/b25-17-. The Balaban J connectivity index is 1.46. The van der Waals surface area contributed by atoms with E-state index < -0.39 is 0 Å². The maximum absolute atomic E-state index is 13.4. The Kier molecular flexibility index (Phi) is 7.81. The summed E-state index contributed by atoms with van der Waals surface area (Å²) in [4.78, 5) is 35.3. The Bertz CT molecular complexity index is 1430. The molecule has 0 saturated carbocycles. The highest BCUT2D eigenvalue weighted by Gasteiger charge is 2.33. The predicted molar refractivity (Wildman–Crippen MR) is 158 cm³/mol. The molecule has 0 atom stereocenters. The topological polar surface area (TPSA) is 62.7 Å². The molecular weight excluding hydrogens is 514 g/mol. The van der Waals surface area contributed by atoms with Crippen molar-refractivity contribution in [2.75, 3.05) is 24.6 Å². The number of pyridine rings is 1. The monoisotopic (exact) mass is 545 g/mol. The van der Waals surface area contributed by atoms with E-state index in [0.29, 0.717) is 48.3 Å². The van der Waals surface area contributed by atoms with Gasteiger partial charge in [-0.3, -0.25) is 14.5 Å². The number of thiocarbonyl (C=S) groups is 1. The number of fused-ring (bicyclic) bond motifs is 1. The Morgan fingerprint density at radius 3 is 2.61 bits per heavy atom. The second kappa shape index (κ2) is 11.3. The van der Waals surface area contributed by atoms with Gasteiger partial charge in [-0.1, -0.05) is 72.0 Å². The van der Waals surface area contributed by atoms with Crippen LogP contribution in [0.2, 0.25) is 0 Å². The van der Waals surface area contributed by atoms with Crippen LogP contribution in [0.3, 0.4) is 0 Å². The van der Waals surface area contributed by atoms with Gasteiger partial charge in [-0.05, 0) is 56.9 Å². The van der Waals surface area contributed by atoms with Gasteiger partial charge < -0.3 is 9.64 Å². The molecule has 0 aliphatic carbocycles. The predicted octanol–water partition coefficient (Wildman–Crippen LogP) is 6.03.